The Kier molecular flexibility index (Phi) is 4.25. The van der Waals surface area contributed by atoms with E-state index in [4.69, 9.17) is 0 Å². The summed E-state index contributed by atoms with van der Waals surface area (Å²) in [5, 5.41) is 14.1. The van der Waals surface area contributed by atoms with Gasteiger partial charge in [0.15, 0.2) is 11.0 Å². The fourth-order valence-electron chi connectivity index (χ4n) is 1.88. The summed E-state index contributed by atoms with van der Waals surface area (Å²) in [6, 6.07) is 0. The van der Waals surface area contributed by atoms with Gasteiger partial charge in [0.25, 0.3) is 0 Å². The number of aliphatic hydroxyl groups is 1. The van der Waals surface area contributed by atoms with Gasteiger partial charge in [-0.3, -0.25) is 4.79 Å². The Hall–Kier alpha value is -1.94. The third kappa shape index (κ3) is 3.12. The van der Waals surface area contributed by atoms with E-state index in [-0.39, 0.29) is 5.13 Å². The minimum absolute atomic E-state index is 0.173. The lowest BCUT2D eigenvalue weighted by Crippen LogP contribution is -2.46. The predicted octanol–water partition coefficient (Wildman–Crippen LogP) is 1.96. The van der Waals surface area contributed by atoms with Gasteiger partial charge in [0.2, 0.25) is 11.5 Å². The quantitative estimate of drug-likeness (QED) is 0.896. The maximum atomic E-state index is 13.3. The molecule has 0 fully saturated rings. The number of anilines is 1. The molecule has 0 aliphatic heterocycles. The van der Waals surface area contributed by atoms with Crippen molar-refractivity contribution in [3.8, 4) is 0 Å². The topological polar surface area (TPSA) is 80.0 Å². The molecular formula is C12H13F3N4O2S. The van der Waals surface area contributed by atoms with Crippen molar-refractivity contribution in [2.45, 2.75) is 25.1 Å². The Balaban J connectivity index is 2.24. The van der Waals surface area contributed by atoms with Gasteiger partial charge in [-0.15, -0.1) is 11.3 Å². The zero-order valence-corrected chi connectivity index (χ0v) is 12.5. The molecule has 2 rings (SSSR count). The fourth-order valence-corrected chi connectivity index (χ4v) is 2.58. The molecule has 120 valence electrons. The van der Waals surface area contributed by atoms with Gasteiger partial charge < -0.3 is 15.0 Å². The molecule has 0 saturated heterocycles. The van der Waals surface area contributed by atoms with Gasteiger partial charge >= 0.3 is 6.18 Å². The van der Waals surface area contributed by atoms with E-state index in [1.807, 2.05) is 0 Å². The molecule has 0 radical (unpaired) electrons. The molecule has 0 saturated carbocycles. The van der Waals surface area contributed by atoms with Crippen molar-refractivity contribution >= 4 is 22.4 Å². The van der Waals surface area contributed by atoms with Crippen LogP contribution < -0.4 is 5.32 Å². The number of rotatable bonds is 4. The van der Waals surface area contributed by atoms with Crippen LogP contribution in [0, 0.1) is 6.92 Å². The predicted molar refractivity (Wildman–Crippen MR) is 73.3 cm³/mol. The minimum atomic E-state index is -5.05. The Bertz CT molecular complexity index is 682. The first-order chi connectivity index (χ1) is 10.1. The molecule has 1 amide bonds. The highest BCUT2D eigenvalue weighted by Gasteiger charge is 2.58. The lowest BCUT2D eigenvalue weighted by molar-refractivity contribution is -0.270. The minimum Gasteiger partial charge on any atom is -0.374 e. The fraction of sp³-hybridized carbons (Fsp3) is 0.417. The summed E-state index contributed by atoms with van der Waals surface area (Å²) in [6.07, 6.45) is -3.88. The van der Waals surface area contributed by atoms with Crippen molar-refractivity contribution < 1.29 is 23.1 Å². The molecule has 2 aromatic heterocycles. The van der Waals surface area contributed by atoms with E-state index in [1.165, 1.54) is 13.2 Å². The van der Waals surface area contributed by atoms with Gasteiger partial charge in [0, 0.05) is 24.8 Å². The third-order valence-electron chi connectivity index (χ3n) is 2.94. The number of imidazole rings is 1. The van der Waals surface area contributed by atoms with Crippen molar-refractivity contribution in [1.82, 2.24) is 14.5 Å². The first-order valence-electron chi connectivity index (χ1n) is 6.12. The highest BCUT2D eigenvalue weighted by atomic mass is 32.1. The van der Waals surface area contributed by atoms with Crippen LogP contribution in [-0.4, -0.2) is 31.7 Å². The molecule has 0 aliphatic carbocycles. The lowest BCUT2D eigenvalue weighted by atomic mass is 9.97. The highest BCUT2D eigenvalue weighted by Crippen LogP contribution is 2.40. The summed E-state index contributed by atoms with van der Waals surface area (Å²) in [4.78, 5) is 19.3. The van der Waals surface area contributed by atoms with E-state index in [9.17, 15) is 23.1 Å². The monoisotopic (exact) mass is 334 g/mol. The van der Waals surface area contributed by atoms with Crippen LogP contribution in [0.3, 0.4) is 0 Å². The summed E-state index contributed by atoms with van der Waals surface area (Å²) in [5.41, 5.74) is -2.74. The van der Waals surface area contributed by atoms with Crippen LogP contribution in [0.1, 0.15) is 17.9 Å². The number of alkyl halides is 3. The van der Waals surface area contributed by atoms with E-state index in [2.05, 4.69) is 15.3 Å². The van der Waals surface area contributed by atoms with Crippen LogP contribution in [-0.2, 0) is 17.4 Å². The second kappa shape index (κ2) is 5.69. The van der Waals surface area contributed by atoms with Crippen molar-refractivity contribution in [1.29, 1.82) is 0 Å². The zero-order chi connectivity index (χ0) is 16.5. The molecule has 1 unspecified atom stereocenters. The van der Waals surface area contributed by atoms with Crippen molar-refractivity contribution in [2.75, 3.05) is 5.32 Å². The highest BCUT2D eigenvalue weighted by molar-refractivity contribution is 7.13. The zero-order valence-electron chi connectivity index (χ0n) is 11.7. The molecule has 1 atom stereocenters. The summed E-state index contributed by atoms with van der Waals surface area (Å²) < 4.78 is 40.8. The van der Waals surface area contributed by atoms with Crippen LogP contribution in [0.15, 0.2) is 17.8 Å². The van der Waals surface area contributed by atoms with Crippen molar-refractivity contribution in [3.63, 3.8) is 0 Å². The van der Waals surface area contributed by atoms with Crippen LogP contribution in [0.25, 0.3) is 0 Å². The first kappa shape index (κ1) is 16.4. The van der Waals surface area contributed by atoms with E-state index in [1.54, 1.807) is 12.3 Å². The number of hydrogen-bond acceptors (Lipinski definition) is 5. The molecule has 2 aromatic rings. The maximum Gasteiger partial charge on any atom is 0.425 e. The van der Waals surface area contributed by atoms with Gasteiger partial charge in [-0.25, -0.2) is 9.97 Å². The van der Waals surface area contributed by atoms with E-state index < -0.39 is 29.9 Å². The molecule has 10 heteroatoms. The molecule has 0 aliphatic rings. The van der Waals surface area contributed by atoms with E-state index in [0.717, 1.165) is 22.1 Å². The lowest BCUT2D eigenvalue weighted by Gasteiger charge is -2.29. The van der Waals surface area contributed by atoms with Crippen LogP contribution >= 0.6 is 11.3 Å². The maximum absolute atomic E-state index is 13.3. The Morgan fingerprint density at radius 3 is 2.64 bits per heavy atom. The molecule has 2 N–H and O–H groups in total. The standard InChI is InChI=1S/C12H13F3N4O2S/c1-7-6-22-10(17-7)18-8(20)5-11(21,12(13,14)15)9-16-3-4-19(9)2/h3-4,6,21H,5H2,1-2H3,(H,17,18,20). The molecule has 2 heterocycles. The Labute approximate surface area is 127 Å². The summed E-state index contributed by atoms with van der Waals surface area (Å²) in [5.74, 6) is -1.65. The van der Waals surface area contributed by atoms with Gasteiger partial charge in [-0.1, -0.05) is 0 Å². The van der Waals surface area contributed by atoms with Crippen LogP contribution in [0.4, 0.5) is 18.3 Å². The summed E-state index contributed by atoms with van der Waals surface area (Å²) in [6.45, 7) is 1.69. The number of halogens is 3. The molecule has 0 bridgehead atoms. The molecule has 0 aromatic carbocycles. The van der Waals surface area contributed by atoms with Crippen molar-refractivity contribution in [2.24, 2.45) is 7.05 Å². The van der Waals surface area contributed by atoms with Gasteiger partial charge in [0.05, 0.1) is 12.1 Å². The average molecular weight is 334 g/mol. The number of amides is 1. The Morgan fingerprint density at radius 2 is 2.18 bits per heavy atom. The average Bonchev–Trinajstić information content (AvgIpc) is 2.96. The largest absolute Gasteiger partial charge is 0.425 e. The van der Waals surface area contributed by atoms with E-state index in [0.29, 0.717) is 5.69 Å². The number of hydrogen-bond donors (Lipinski definition) is 2. The molecular weight excluding hydrogens is 321 g/mol. The Morgan fingerprint density at radius 1 is 1.50 bits per heavy atom. The normalized spacial score (nSPS) is 14.6. The van der Waals surface area contributed by atoms with E-state index >= 15 is 0 Å². The summed E-state index contributed by atoms with van der Waals surface area (Å²) >= 11 is 1.09. The van der Waals surface area contributed by atoms with Crippen LogP contribution in [0.2, 0.25) is 0 Å². The number of carbonyl (C=O) groups excluding carboxylic acids is 1. The molecule has 6 nitrogen and oxygen atoms in total. The number of nitrogens with zero attached hydrogens (tertiary/aromatic N) is 3. The van der Waals surface area contributed by atoms with Gasteiger partial charge in [-0.2, -0.15) is 13.2 Å². The number of aromatic nitrogens is 3. The molecule has 22 heavy (non-hydrogen) atoms. The van der Waals surface area contributed by atoms with Gasteiger partial charge in [-0.05, 0) is 6.92 Å². The number of thiazole rings is 1. The third-order valence-corrected chi connectivity index (χ3v) is 3.82. The van der Waals surface area contributed by atoms with Gasteiger partial charge in [0.1, 0.15) is 0 Å². The summed E-state index contributed by atoms with van der Waals surface area (Å²) in [7, 11) is 1.31. The molecule has 0 spiro atoms. The number of aryl methyl sites for hydroxylation is 2. The second-order valence-corrected chi connectivity index (χ2v) is 5.60. The smallest absolute Gasteiger partial charge is 0.374 e. The van der Waals surface area contributed by atoms with Crippen molar-refractivity contribution in [3.05, 3.63) is 29.3 Å². The van der Waals surface area contributed by atoms with Crippen LogP contribution in [0.5, 0.6) is 0 Å². The first-order valence-corrected chi connectivity index (χ1v) is 7.00. The SMILES string of the molecule is Cc1csc(NC(=O)CC(O)(c2nccn2C)C(F)(F)F)n1. The number of nitrogens with one attached hydrogen (secondary N) is 1. The second-order valence-electron chi connectivity index (χ2n) is 4.74. The number of carbonyl (C=O) groups is 1.